The van der Waals surface area contributed by atoms with Crippen LogP contribution in [0.15, 0.2) is 0 Å². The van der Waals surface area contributed by atoms with Gasteiger partial charge in [0.1, 0.15) is 0 Å². The Morgan fingerprint density at radius 2 is 1.95 bits per heavy atom. The highest BCUT2D eigenvalue weighted by atomic mass is 32.2. The van der Waals surface area contributed by atoms with Gasteiger partial charge in [-0.05, 0) is 37.6 Å². The first-order valence-electron chi connectivity index (χ1n) is 7.71. The van der Waals surface area contributed by atoms with Gasteiger partial charge >= 0.3 is 0 Å². The van der Waals surface area contributed by atoms with Crippen LogP contribution in [0.5, 0.6) is 0 Å². The van der Waals surface area contributed by atoms with Gasteiger partial charge in [0, 0.05) is 13.1 Å². The van der Waals surface area contributed by atoms with E-state index in [0.29, 0.717) is 19.0 Å². The largest absolute Gasteiger partial charge is 0.316 e. The number of hydrogen-bond acceptors (Lipinski definition) is 3. The van der Waals surface area contributed by atoms with Crippen LogP contribution in [0.25, 0.3) is 0 Å². The molecule has 1 aliphatic rings. The van der Waals surface area contributed by atoms with Crippen molar-refractivity contribution in [1.29, 1.82) is 0 Å². The van der Waals surface area contributed by atoms with Crippen LogP contribution in [0.1, 0.15) is 52.4 Å². The summed E-state index contributed by atoms with van der Waals surface area (Å²) in [5.74, 6) is 1.71. The molecule has 2 atom stereocenters. The van der Waals surface area contributed by atoms with Gasteiger partial charge in [0.2, 0.25) is 10.0 Å². The number of hydrogen-bond donors (Lipinski definition) is 2. The second kappa shape index (κ2) is 8.93. The van der Waals surface area contributed by atoms with Gasteiger partial charge in [-0.3, -0.25) is 0 Å². The van der Waals surface area contributed by atoms with Crippen LogP contribution in [0, 0.1) is 11.8 Å². The second-order valence-electron chi connectivity index (χ2n) is 5.89. The van der Waals surface area contributed by atoms with Crippen LogP contribution in [-0.4, -0.2) is 33.8 Å². The van der Waals surface area contributed by atoms with Gasteiger partial charge in [-0.2, -0.15) is 0 Å². The Hall–Kier alpha value is -0.130. The first kappa shape index (κ1) is 16.9. The molecule has 19 heavy (non-hydrogen) atoms. The van der Waals surface area contributed by atoms with Gasteiger partial charge in [0.05, 0.1) is 5.75 Å². The molecule has 114 valence electrons. The van der Waals surface area contributed by atoms with E-state index < -0.39 is 10.0 Å². The molecule has 0 aromatic heterocycles. The summed E-state index contributed by atoms with van der Waals surface area (Å²) in [6.45, 7) is 6.41. The maximum atomic E-state index is 11.7. The Kier molecular flexibility index (Phi) is 7.95. The van der Waals surface area contributed by atoms with E-state index in [1.807, 2.05) is 0 Å². The van der Waals surface area contributed by atoms with Crippen molar-refractivity contribution in [2.24, 2.45) is 11.8 Å². The molecule has 1 aliphatic carbocycles. The third-order valence-corrected chi connectivity index (χ3v) is 5.28. The molecule has 0 saturated heterocycles. The van der Waals surface area contributed by atoms with Crippen molar-refractivity contribution in [3.8, 4) is 0 Å². The lowest BCUT2D eigenvalue weighted by Gasteiger charge is -2.26. The predicted octanol–water partition coefficient (Wildman–Crippen LogP) is 2.12. The summed E-state index contributed by atoms with van der Waals surface area (Å²) in [7, 11) is -3.09. The van der Waals surface area contributed by atoms with Crippen molar-refractivity contribution in [1.82, 2.24) is 10.0 Å². The average molecular weight is 290 g/mol. The number of rotatable bonds is 9. The van der Waals surface area contributed by atoms with Gasteiger partial charge in [-0.25, -0.2) is 13.1 Å². The molecule has 1 fully saturated rings. The molecule has 1 rings (SSSR count). The molecular weight excluding hydrogens is 260 g/mol. The third-order valence-electron chi connectivity index (χ3n) is 3.89. The monoisotopic (exact) mass is 290 g/mol. The van der Waals surface area contributed by atoms with E-state index in [1.165, 1.54) is 25.7 Å². The molecule has 2 unspecified atom stereocenters. The van der Waals surface area contributed by atoms with Crippen molar-refractivity contribution in [3.05, 3.63) is 0 Å². The van der Waals surface area contributed by atoms with Gasteiger partial charge < -0.3 is 5.32 Å². The van der Waals surface area contributed by atoms with Crippen LogP contribution < -0.4 is 10.0 Å². The molecule has 0 heterocycles. The molecule has 0 amide bonds. The van der Waals surface area contributed by atoms with Crippen LogP contribution >= 0.6 is 0 Å². The number of nitrogens with one attached hydrogen (secondary N) is 2. The Morgan fingerprint density at radius 3 is 2.63 bits per heavy atom. The molecule has 0 bridgehead atoms. The second-order valence-corrected chi connectivity index (χ2v) is 7.82. The van der Waals surface area contributed by atoms with E-state index in [2.05, 4.69) is 23.9 Å². The molecule has 0 aromatic rings. The summed E-state index contributed by atoms with van der Waals surface area (Å²) in [6, 6.07) is 0. The van der Waals surface area contributed by atoms with E-state index in [9.17, 15) is 8.42 Å². The highest BCUT2D eigenvalue weighted by Gasteiger charge is 2.19. The van der Waals surface area contributed by atoms with E-state index in [1.54, 1.807) is 0 Å². The molecule has 0 aliphatic heterocycles. The predicted molar refractivity (Wildman–Crippen MR) is 80.7 cm³/mol. The molecule has 1 saturated carbocycles. The van der Waals surface area contributed by atoms with E-state index in [4.69, 9.17) is 0 Å². The summed E-state index contributed by atoms with van der Waals surface area (Å²) in [6.07, 6.45) is 7.20. The van der Waals surface area contributed by atoms with Crippen LogP contribution in [-0.2, 0) is 10.0 Å². The smallest absolute Gasteiger partial charge is 0.212 e. The Bertz CT molecular complexity index is 330. The maximum Gasteiger partial charge on any atom is 0.212 e. The minimum atomic E-state index is -3.09. The van der Waals surface area contributed by atoms with E-state index >= 15 is 0 Å². The molecule has 0 spiro atoms. The van der Waals surface area contributed by atoms with Gasteiger partial charge in [0.25, 0.3) is 0 Å². The molecule has 0 aromatic carbocycles. The zero-order chi connectivity index (χ0) is 14.1. The molecule has 5 heteroatoms. The maximum absolute atomic E-state index is 11.7. The Morgan fingerprint density at radius 1 is 1.16 bits per heavy atom. The van der Waals surface area contributed by atoms with Gasteiger partial charge in [-0.15, -0.1) is 0 Å². The summed E-state index contributed by atoms with van der Waals surface area (Å²) in [5, 5.41) is 3.12. The van der Waals surface area contributed by atoms with E-state index in [0.717, 1.165) is 25.3 Å². The summed E-state index contributed by atoms with van der Waals surface area (Å²) in [5.41, 5.74) is 0. The summed E-state index contributed by atoms with van der Waals surface area (Å²) >= 11 is 0. The summed E-state index contributed by atoms with van der Waals surface area (Å²) in [4.78, 5) is 0. The SMILES string of the molecule is CCCNCCS(=O)(=O)NCCC1CCCC(C)C1. The minimum Gasteiger partial charge on any atom is -0.316 e. The number of sulfonamides is 1. The highest BCUT2D eigenvalue weighted by Crippen LogP contribution is 2.30. The lowest BCUT2D eigenvalue weighted by atomic mass is 9.81. The van der Waals surface area contributed by atoms with Crippen LogP contribution in [0.2, 0.25) is 0 Å². The fraction of sp³-hybridized carbons (Fsp3) is 1.00. The quantitative estimate of drug-likeness (QED) is 0.640. The fourth-order valence-corrected chi connectivity index (χ4v) is 3.81. The highest BCUT2D eigenvalue weighted by molar-refractivity contribution is 7.89. The van der Waals surface area contributed by atoms with Crippen LogP contribution in [0.3, 0.4) is 0 Å². The van der Waals surface area contributed by atoms with Crippen molar-refractivity contribution in [3.63, 3.8) is 0 Å². The summed E-state index contributed by atoms with van der Waals surface area (Å²) < 4.78 is 26.2. The first-order valence-corrected chi connectivity index (χ1v) is 9.36. The molecular formula is C14H30N2O2S. The topological polar surface area (TPSA) is 58.2 Å². The van der Waals surface area contributed by atoms with Crippen molar-refractivity contribution in [2.75, 3.05) is 25.4 Å². The zero-order valence-electron chi connectivity index (χ0n) is 12.5. The molecule has 4 nitrogen and oxygen atoms in total. The van der Waals surface area contributed by atoms with E-state index in [-0.39, 0.29) is 5.75 Å². The fourth-order valence-electron chi connectivity index (χ4n) is 2.82. The average Bonchev–Trinajstić information content (AvgIpc) is 2.35. The molecule has 2 N–H and O–H groups in total. The first-order chi connectivity index (χ1) is 9.03. The van der Waals surface area contributed by atoms with Crippen molar-refractivity contribution < 1.29 is 8.42 Å². The zero-order valence-corrected chi connectivity index (χ0v) is 13.3. The van der Waals surface area contributed by atoms with Crippen molar-refractivity contribution in [2.45, 2.75) is 52.4 Å². The minimum absolute atomic E-state index is 0.189. The lowest BCUT2D eigenvalue weighted by Crippen LogP contribution is -2.33. The van der Waals surface area contributed by atoms with Gasteiger partial charge in [0.15, 0.2) is 0 Å². The molecule has 0 radical (unpaired) electrons. The lowest BCUT2D eigenvalue weighted by molar-refractivity contribution is 0.271. The Balaban J connectivity index is 2.13. The Labute approximate surface area is 118 Å². The normalized spacial score (nSPS) is 24.5. The van der Waals surface area contributed by atoms with Crippen LogP contribution in [0.4, 0.5) is 0 Å². The third kappa shape index (κ3) is 7.90. The standard InChI is InChI=1S/C14H30N2O2S/c1-3-8-15-10-11-19(17,18)16-9-7-14-6-4-5-13(2)12-14/h13-16H,3-12H2,1-2H3. The van der Waals surface area contributed by atoms with Gasteiger partial charge in [-0.1, -0.05) is 33.1 Å². The van der Waals surface area contributed by atoms with Crippen molar-refractivity contribution >= 4 is 10.0 Å².